The number of carbonyl (C=O) groups excluding carboxylic acids is 1. The minimum Gasteiger partial charge on any atom is -0.332 e. The van der Waals surface area contributed by atoms with Gasteiger partial charge in [-0.3, -0.25) is 4.79 Å². The molecule has 5 aromatic rings. The first kappa shape index (κ1) is 21.9. The normalized spacial score (nSPS) is 11.0. The molecule has 0 radical (unpaired) electrons. The molecule has 2 heterocycles. The van der Waals surface area contributed by atoms with Gasteiger partial charge in [-0.2, -0.15) is 9.61 Å². The molecule has 2 aromatic heterocycles. The van der Waals surface area contributed by atoms with Gasteiger partial charge in [0, 0.05) is 5.56 Å². The third-order valence-corrected chi connectivity index (χ3v) is 6.45. The standard InChI is InChI=1S/C25H20N6OS2/c1-16-28-29-25-31(16)30-23(34-25)19-14-8-9-15-20(19)26-24(33)27-22(32)21(17-10-4-2-5-11-17)18-12-6-3-7-13-18/h2-15,21H,1H3,(H2,26,27,32,33). The Kier molecular flexibility index (Phi) is 6.11. The fourth-order valence-electron chi connectivity index (χ4n) is 3.73. The maximum atomic E-state index is 13.4. The molecule has 0 fully saturated rings. The van der Waals surface area contributed by atoms with Crippen LogP contribution < -0.4 is 10.6 Å². The number of anilines is 1. The smallest absolute Gasteiger partial charge is 0.238 e. The molecule has 168 valence electrons. The summed E-state index contributed by atoms with van der Waals surface area (Å²) in [6.45, 7) is 1.86. The van der Waals surface area contributed by atoms with Crippen LogP contribution in [-0.4, -0.2) is 30.8 Å². The maximum Gasteiger partial charge on any atom is 0.238 e. The summed E-state index contributed by atoms with van der Waals surface area (Å²) in [5.74, 6) is 0.0278. The monoisotopic (exact) mass is 484 g/mol. The summed E-state index contributed by atoms with van der Waals surface area (Å²) >= 11 is 6.96. The third kappa shape index (κ3) is 4.43. The highest BCUT2D eigenvalue weighted by Crippen LogP contribution is 2.31. The summed E-state index contributed by atoms with van der Waals surface area (Å²) in [5, 5.41) is 19.8. The van der Waals surface area contributed by atoms with Gasteiger partial charge in [-0.25, -0.2) is 0 Å². The highest BCUT2D eigenvalue weighted by molar-refractivity contribution is 7.80. The van der Waals surface area contributed by atoms with Crippen LogP contribution in [0.25, 0.3) is 15.5 Å². The lowest BCUT2D eigenvalue weighted by Gasteiger charge is -2.19. The molecule has 0 bridgehead atoms. The minimum absolute atomic E-state index is 0.207. The Bertz CT molecular complexity index is 1420. The van der Waals surface area contributed by atoms with Crippen molar-refractivity contribution in [1.29, 1.82) is 0 Å². The maximum absolute atomic E-state index is 13.4. The fraction of sp³-hybridized carbons (Fsp3) is 0.0800. The Morgan fingerprint density at radius 2 is 1.53 bits per heavy atom. The van der Waals surface area contributed by atoms with E-state index in [-0.39, 0.29) is 11.0 Å². The number of thiocarbonyl (C=S) groups is 1. The zero-order valence-electron chi connectivity index (χ0n) is 18.2. The summed E-state index contributed by atoms with van der Waals surface area (Å²) in [7, 11) is 0. The molecule has 0 saturated heterocycles. The second-order valence-electron chi connectivity index (χ2n) is 7.59. The lowest BCUT2D eigenvalue weighted by Crippen LogP contribution is -2.38. The molecular formula is C25H20N6OS2. The largest absolute Gasteiger partial charge is 0.332 e. The quantitative estimate of drug-likeness (QED) is 0.349. The molecule has 34 heavy (non-hydrogen) atoms. The molecule has 0 aliphatic rings. The van der Waals surface area contributed by atoms with Crippen LogP contribution in [0.2, 0.25) is 0 Å². The van der Waals surface area contributed by atoms with E-state index in [9.17, 15) is 4.79 Å². The van der Waals surface area contributed by atoms with Gasteiger partial charge in [-0.15, -0.1) is 10.2 Å². The molecule has 5 rings (SSSR count). The van der Waals surface area contributed by atoms with Crippen molar-refractivity contribution in [2.45, 2.75) is 12.8 Å². The number of carbonyl (C=O) groups is 1. The highest BCUT2D eigenvalue weighted by atomic mass is 32.1. The average Bonchev–Trinajstić information content (AvgIpc) is 3.43. The minimum atomic E-state index is -0.486. The third-order valence-electron chi connectivity index (χ3n) is 5.32. The van der Waals surface area contributed by atoms with Crippen LogP contribution in [0.5, 0.6) is 0 Å². The zero-order valence-corrected chi connectivity index (χ0v) is 19.8. The molecule has 0 unspecified atom stereocenters. The number of aromatic nitrogens is 4. The van der Waals surface area contributed by atoms with Gasteiger partial charge in [-0.1, -0.05) is 84.1 Å². The van der Waals surface area contributed by atoms with Crippen molar-refractivity contribution in [1.82, 2.24) is 25.1 Å². The first-order valence-corrected chi connectivity index (χ1v) is 11.8. The number of nitrogens with zero attached hydrogens (tertiary/aromatic N) is 4. The van der Waals surface area contributed by atoms with Crippen LogP contribution in [-0.2, 0) is 4.79 Å². The van der Waals surface area contributed by atoms with Crippen molar-refractivity contribution in [2.75, 3.05) is 5.32 Å². The predicted octanol–water partition coefficient (Wildman–Crippen LogP) is 4.81. The zero-order chi connectivity index (χ0) is 23.5. The van der Waals surface area contributed by atoms with Gasteiger partial charge in [0.2, 0.25) is 10.9 Å². The van der Waals surface area contributed by atoms with Gasteiger partial charge in [0.05, 0.1) is 11.6 Å². The Morgan fingerprint density at radius 3 is 2.18 bits per heavy atom. The van der Waals surface area contributed by atoms with Crippen LogP contribution in [0.1, 0.15) is 22.9 Å². The van der Waals surface area contributed by atoms with Crippen LogP contribution in [0.4, 0.5) is 5.69 Å². The first-order valence-electron chi connectivity index (χ1n) is 10.6. The van der Waals surface area contributed by atoms with E-state index < -0.39 is 5.92 Å². The van der Waals surface area contributed by atoms with Crippen molar-refractivity contribution < 1.29 is 4.79 Å². The predicted molar refractivity (Wildman–Crippen MR) is 138 cm³/mol. The van der Waals surface area contributed by atoms with Crippen LogP contribution >= 0.6 is 23.6 Å². The number of amides is 1. The number of hydrogen-bond acceptors (Lipinski definition) is 6. The van der Waals surface area contributed by atoms with Crippen molar-refractivity contribution >= 4 is 45.2 Å². The average molecular weight is 485 g/mol. The molecule has 0 saturated carbocycles. The van der Waals surface area contributed by atoms with Crippen LogP contribution in [0.3, 0.4) is 0 Å². The van der Waals surface area contributed by atoms with Crippen LogP contribution in [0.15, 0.2) is 84.9 Å². The lowest BCUT2D eigenvalue weighted by molar-refractivity contribution is -0.120. The number of aryl methyl sites for hydroxylation is 1. The molecule has 1 amide bonds. The number of hydrogen-bond donors (Lipinski definition) is 2. The number of fused-ring (bicyclic) bond motifs is 1. The number of rotatable bonds is 5. The van der Waals surface area contributed by atoms with E-state index in [4.69, 9.17) is 12.2 Å². The SMILES string of the molecule is Cc1nnc2sc(-c3ccccc3NC(=S)NC(=O)C(c3ccccc3)c3ccccc3)nn12. The fourth-order valence-corrected chi connectivity index (χ4v) is 4.86. The van der Waals surface area contributed by atoms with Crippen molar-refractivity contribution in [2.24, 2.45) is 0 Å². The molecule has 7 nitrogen and oxygen atoms in total. The Balaban J connectivity index is 1.38. The summed E-state index contributed by atoms with van der Waals surface area (Å²) < 4.78 is 1.71. The Hall–Kier alpha value is -3.95. The van der Waals surface area contributed by atoms with Crippen molar-refractivity contribution in [3.8, 4) is 10.6 Å². The number of nitrogens with one attached hydrogen (secondary N) is 2. The molecule has 9 heteroatoms. The van der Waals surface area contributed by atoms with E-state index in [1.165, 1.54) is 11.3 Å². The summed E-state index contributed by atoms with van der Waals surface area (Å²) in [5.41, 5.74) is 3.39. The lowest BCUT2D eigenvalue weighted by atomic mass is 9.90. The Labute approximate surface area is 205 Å². The van der Waals surface area contributed by atoms with E-state index in [2.05, 4.69) is 25.9 Å². The summed E-state index contributed by atoms with van der Waals surface area (Å²) in [6, 6.07) is 27.0. The summed E-state index contributed by atoms with van der Waals surface area (Å²) in [4.78, 5) is 14.1. The number of benzene rings is 3. The molecule has 3 aromatic carbocycles. The van der Waals surface area contributed by atoms with Crippen molar-refractivity contribution in [3.05, 3.63) is 102 Å². The molecule has 2 N–H and O–H groups in total. The van der Waals surface area contributed by atoms with E-state index in [0.29, 0.717) is 4.96 Å². The van der Waals surface area contributed by atoms with E-state index in [0.717, 1.165) is 33.2 Å². The number of para-hydroxylation sites is 1. The topological polar surface area (TPSA) is 84.2 Å². The second-order valence-corrected chi connectivity index (χ2v) is 8.96. The molecule has 0 spiro atoms. The van der Waals surface area contributed by atoms with E-state index in [1.54, 1.807) is 4.52 Å². The van der Waals surface area contributed by atoms with Gasteiger partial charge in [-0.05, 0) is 42.4 Å². The summed E-state index contributed by atoms with van der Waals surface area (Å²) in [6.07, 6.45) is 0. The van der Waals surface area contributed by atoms with Gasteiger partial charge in [0.25, 0.3) is 0 Å². The molecular weight excluding hydrogens is 464 g/mol. The van der Waals surface area contributed by atoms with Gasteiger partial charge >= 0.3 is 0 Å². The molecule has 0 atom stereocenters. The Morgan fingerprint density at radius 1 is 0.912 bits per heavy atom. The van der Waals surface area contributed by atoms with Gasteiger partial charge in [0.1, 0.15) is 5.01 Å². The van der Waals surface area contributed by atoms with Gasteiger partial charge < -0.3 is 10.6 Å². The molecule has 0 aliphatic carbocycles. The molecule has 0 aliphatic heterocycles. The van der Waals surface area contributed by atoms with Crippen molar-refractivity contribution in [3.63, 3.8) is 0 Å². The first-order chi connectivity index (χ1) is 16.6. The second kappa shape index (κ2) is 9.50. The van der Waals surface area contributed by atoms with E-state index >= 15 is 0 Å². The highest BCUT2D eigenvalue weighted by Gasteiger charge is 2.23. The van der Waals surface area contributed by atoms with Crippen LogP contribution in [0, 0.1) is 6.92 Å². The van der Waals surface area contributed by atoms with E-state index in [1.807, 2.05) is 91.9 Å². The van der Waals surface area contributed by atoms with Gasteiger partial charge in [0.15, 0.2) is 10.9 Å².